The molecule has 152 valence electrons. The van der Waals surface area contributed by atoms with Gasteiger partial charge in [0.2, 0.25) is 5.91 Å². The lowest BCUT2D eigenvalue weighted by Crippen LogP contribution is -2.25. The number of ether oxygens (including phenoxy) is 1. The van der Waals surface area contributed by atoms with Crippen molar-refractivity contribution in [1.29, 1.82) is 0 Å². The highest BCUT2D eigenvalue weighted by Crippen LogP contribution is 2.41. The van der Waals surface area contributed by atoms with E-state index in [2.05, 4.69) is 5.32 Å². The van der Waals surface area contributed by atoms with Crippen LogP contribution in [0.3, 0.4) is 0 Å². The van der Waals surface area contributed by atoms with Gasteiger partial charge in [-0.05, 0) is 61.4 Å². The van der Waals surface area contributed by atoms with Crippen LogP contribution in [0.5, 0.6) is 5.75 Å². The van der Waals surface area contributed by atoms with Gasteiger partial charge in [-0.3, -0.25) is 14.6 Å². The van der Waals surface area contributed by atoms with Gasteiger partial charge in [0.05, 0.1) is 19.6 Å². The number of hydrogen-bond donors (Lipinski definition) is 1. The molecule has 0 spiro atoms. The Hall–Kier alpha value is -2.89. The molecule has 2 heterocycles. The van der Waals surface area contributed by atoms with Gasteiger partial charge in [-0.15, -0.1) is 0 Å². The van der Waals surface area contributed by atoms with Crippen LogP contribution in [0.25, 0.3) is 11.1 Å². The van der Waals surface area contributed by atoms with Crippen molar-refractivity contribution < 1.29 is 9.53 Å². The number of rotatable bonds is 6. The Balaban J connectivity index is 1.91. The highest BCUT2D eigenvalue weighted by molar-refractivity contribution is 6.08. The molecule has 4 rings (SSSR count). The molecule has 0 saturated heterocycles. The molecule has 1 saturated carbocycles. The summed E-state index contributed by atoms with van der Waals surface area (Å²) in [6.07, 6.45) is 5.41. The molecule has 1 amide bonds. The molecular formula is C23H27N3O3. The van der Waals surface area contributed by atoms with Gasteiger partial charge in [0.25, 0.3) is 5.56 Å². The van der Waals surface area contributed by atoms with E-state index in [9.17, 15) is 9.59 Å². The molecule has 0 bridgehead atoms. The number of benzene rings is 1. The second-order valence-corrected chi connectivity index (χ2v) is 7.90. The Morgan fingerprint density at radius 3 is 2.72 bits per heavy atom. The molecule has 0 unspecified atom stereocenters. The summed E-state index contributed by atoms with van der Waals surface area (Å²) >= 11 is 0. The topological polar surface area (TPSA) is 72.7 Å². The predicted molar refractivity (Wildman–Crippen MR) is 114 cm³/mol. The number of hydrogen-bond acceptors (Lipinski definition) is 4. The lowest BCUT2D eigenvalue weighted by Gasteiger charge is -2.16. The third kappa shape index (κ3) is 3.97. The fourth-order valence-corrected chi connectivity index (χ4v) is 3.95. The minimum Gasteiger partial charge on any atom is -0.497 e. The van der Waals surface area contributed by atoms with Gasteiger partial charge in [0, 0.05) is 42.7 Å². The number of amides is 1. The molecule has 1 aliphatic carbocycles. The number of carbonyl (C=O) groups excluding carboxylic acids is 1. The second-order valence-electron chi connectivity index (χ2n) is 7.90. The smallest absolute Gasteiger partial charge is 0.250 e. The van der Waals surface area contributed by atoms with Gasteiger partial charge >= 0.3 is 0 Å². The van der Waals surface area contributed by atoms with Crippen molar-refractivity contribution in [2.45, 2.75) is 38.6 Å². The predicted octanol–water partition coefficient (Wildman–Crippen LogP) is 3.23. The van der Waals surface area contributed by atoms with Crippen molar-refractivity contribution in [3.8, 4) is 16.9 Å². The summed E-state index contributed by atoms with van der Waals surface area (Å²) in [5.74, 6) is 1.37. The van der Waals surface area contributed by atoms with E-state index in [4.69, 9.17) is 9.73 Å². The van der Waals surface area contributed by atoms with E-state index in [1.54, 1.807) is 24.8 Å². The fraction of sp³-hybridized carbons (Fsp3) is 0.435. The third-order valence-electron chi connectivity index (χ3n) is 5.69. The quantitative estimate of drug-likeness (QED) is 0.819. The maximum absolute atomic E-state index is 12.4. The highest BCUT2D eigenvalue weighted by atomic mass is 16.5. The Labute approximate surface area is 170 Å². The average molecular weight is 393 g/mol. The van der Waals surface area contributed by atoms with Crippen LogP contribution >= 0.6 is 0 Å². The van der Waals surface area contributed by atoms with Gasteiger partial charge in [0.1, 0.15) is 5.75 Å². The molecule has 1 atom stereocenters. The minimum atomic E-state index is -0.377. The SMILES string of the molecule is CCNC(=O)C[C@@H]1N=C(CC2CC2)c2cc(OC)ccc2-c2cn(C)c(=O)cc21. The number of aromatic nitrogens is 1. The van der Waals surface area contributed by atoms with Crippen LogP contribution in [-0.2, 0) is 11.8 Å². The Morgan fingerprint density at radius 1 is 1.24 bits per heavy atom. The maximum atomic E-state index is 12.4. The molecule has 1 N–H and O–H groups in total. The third-order valence-corrected chi connectivity index (χ3v) is 5.69. The van der Waals surface area contributed by atoms with E-state index in [1.165, 1.54) is 12.8 Å². The van der Waals surface area contributed by atoms with E-state index in [-0.39, 0.29) is 23.9 Å². The number of nitrogens with zero attached hydrogens (tertiary/aromatic N) is 2. The molecule has 29 heavy (non-hydrogen) atoms. The van der Waals surface area contributed by atoms with Crippen LogP contribution < -0.4 is 15.6 Å². The van der Waals surface area contributed by atoms with Crippen molar-refractivity contribution >= 4 is 11.6 Å². The zero-order valence-electron chi connectivity index (χ0n) is 17.2. The van der Waals surface area contributed by atoms with Crippen LogP contribution in [0.15, 0.2) is 40.2 Å². The van der Waals surface area contributed by atoms with E-state index in [1.807, 2.05) is 31.3 Å². The zero-order valence-corrected chi connectivity index (χ0v) is 17.2. The van der Waals surface area contributed by atoms with Crippen LogP contribution in [0.2, 0.25) is 0 Å². The zero-order chi connectivity index (χ0) is 20.5. The van der Waals surface area contributed by atoms with Gasteiger partial charge in [0.15, 0.2) is 0 Å². The molecule has 1 aliphatic heterocycles. The van der Waals surface area contributed by atoms with E-state index < -0.39 is 0 Å². The van der Waals surface area contributed by atoms with Crippen molar-refractivity contribution in [2.75, 3.05) is 13.7 Å². The molecule has 1 aromatic carbocycles. The number of nitrogens with one attached hydrogen (secondary N) is 1. The van der Waals surface area contributed by atoms with Crippen LogP contribution in [0, 0.1) is 5.92 Å². The second kappa shape index (κ2) is 7.85. The number of aliphatic imine (C=N–C) groups is 1. The Morgan fingerprint density at radius 2 is 2.03 bits per heavy atom. The van der Waals surface area contributed by atoms with E-state index >= 15 is 0 Å². The van der Waals surface area contributed by atoms with Crippen molar-refractivity contribution in [1.82, 2.24) is 9.88 Å². The monoisotopic (exact) mass is 393 g/mol. The largest absolute Gasteiger partial charge is 0.497 e. The number of aryl methyl sites for hydroxylation is 1. The Bertz CT molecular complexity index is 1030. The molecule has 1 aromatic heterocycles. The number of fused-ring (bicyclic) bond motifs is 3. The van der Waals surface area contributed by atoms with Crippen molar-refractivity contribution in [3.05, 3.63) is 51.9 Å². The maximum Gasteiger partial charge on any atom is 0.250 e. The number of pyridine rings is 1. The first-order chi connectivity index (χ1) is 14.0. The molecular weight excluding hydrogens is 366 g/mol. The van der Waals surface area contributed by atoms with Gasteiger partial charge in [-0.2, -0.15) is 0 Å². The molecule has 1 fully saturated rings. The standard InChI is InChI=1S/C23H27N3O3/c1-4-24-22(27)12-21-18-11-23(28)26(2)13-19(18)16-8-7-15(29-3)10-17(16)20(25-21)9-14-5-6-14/h7-8,10-11,13-14,21H,4-6,9,12H2,1-3H3,(H,24,27)/t21-/m0/s1. The number of methoxy groups -OCH3 is 1. The van der Waals surface area contributed by atoms with Gasteiger partial charge in [-0.1, -0.05) is 0 Å². The average Bonchev–Trinajstić information content (AvgIpc) is 3.53. The summed E-state index contributed by atoms with van der Waals surface area (Å²) in [4.78, 5) is 29.9. The molecule has 6 nitrogen and oxygen atoms in total. The highest BCUT2D eigenvalue weighted by Gasteiger charge is 2.30. The fourth-order valence-electron chi connectivity index (χ4n) is 3.95. The molecule has 0 radical (unpaired) electrons. The summed E-state index contributed by atoms with van der Waals surface area (Å²) < 4.78 is 7.06. The minimum absolute atomic E-state index is 0.0535. The van der Waals surface area contributed by atoms with Crippen LogP contribution in [0.1, 0.15) is 49.8 Å². The Kier molecular flexibility index (Phi) is 5.26. The lowest BCUT2D eigenvalue weighted by molar-refractivity contribution is -0.121. The summed E-state index contributed by atoms with van der Waals surface area (Å²) in [6.45, 7) is 2.48. The van der Waals surface area contributed by atoms with Gasteiger partial charge < -0.3 is 14.6 Å². The first kappa shape index (κ1) is 19.4. The first-order valence-corrected chi connectivity index (χ1v) is 10.2. The normalized spacial score (nSPS) is 17.6. The molecule has 2 aliphatic rings. The number of carbonyl (C=O) groups is 1. The molecule has 2 aromatic rings. The summed E-state index contributed by atoms with van der Waals surface area (Å²) in [5.41, 5.74) is 4.75. The summed E-state index contributed by atoms with van der Waals surface area (Å²) in [6, 6.07) is 7.26. The molecule has 6 heteroatoms. The summed E-state index contributed by atoms with van der Waals surface area (Å²) in [7, 11) is 3.41. The van der Waals surface area contributed by atoms with Crippen molar-refractivity contribution in [2.24, 2.45) is 18.0 Å². The lowest BCUT2D eigenvalue weighted by atomic mass is 9.92. The van der Waals surface area contributed by atoms with E-state index in [0.29, 0.717) is 12.5 Å². The van der Waals surface area contributed by atoms with Crippen LogP contribution in [0.4, 0.5) is 0 Å². The van der Waals surface area contributed by atoms with Crippen molar-refractivity contribution in [3.63, 3.8) is 0 Å². The first-order valence-electron chi connectivity index (χ1n) is 10.2. The van der Waals surface area contributed by atoms with E-state index in [0.717, 1.165) is 40.1 Å². The summed E-state index contributed by atoms with van der Waals surface area (Å²) in [5, 5.41) is 2.87. The van der Waals surface area contributed by atoms with Crippen LogP contribution in [-0.4, -0.2) is 29.8 Å². The van der Waals surface area contributed by atoms with Gasteiger partial charge in [-0.25, -0.2) is 0 Å².